The summed E-state index contributed by atoms with van der Waals surface area (Å²) in [5.74, 6) is 0. The fourth-order valence-corrected chi connectivity index (χ4v) is 3.31. The van der Waals surface area contributed by atoms with Crippen LogP contribution in [0.4, 0.5) is 5.13 Å². The fourth-order valence-electron chi connectivity index (χ4n) is 1.50. The van der Waals surface area contributed by atoms with Gasteiger partial charge in [0.2, 0.25) is 0 Å². The van der Waals surface area contributed by atoms with Crippen molar-refractivity contribution in [3.8, 4) is 10.6 Å². The largest absolute Gasteiger partial charge is 0.383 e. The summed E-state index contributed by atoms with van der Waals surface area (Å²) < 4.78 is 5.00. The topological polar surface area (TPSA) is 50.3 Å². The van der Waals surface area contributed by atoms with Crippen LogP contribution in [0, 0.1) is 0 Å². The lowest BCUT2D eigenvalue weighted by Gasteiger charge is -2.04. The lowest BCUT2D eigenvalue weighted by Crippen LogP contribution is -2.09. The maximum atomic E-state index is 5.00. The van der Waals surface area contributed by atoms with E-state index in [4.69, 9.17) is 4.74 Å². The number of nitrogens with zero attached hydrogens (tertiary/aromatic N) is 3. The average Bonchev–Trinajstić information content (AvgIpc) is 2.97. The van der Waals surface area contributed by atoms with E-state index in [1.165, 1.54) is 0 Å². The zero-order valence-electron chi connectivity index (χ0n) is 11.3. The second-order valence-corrected chi connectivity index (χ2v) is 6.29. The van der Waals surface area contributed by atoms with Gasteiger partial charge in [0.1, 0.15) is 5.01 Å². The minimum atomic E-state index is 0.683. The molecule has 0 saturated heterocycles. The van der Waals surface area contributed by atoms with E-state index in [0.29, 0.717) is 6.61 Å². The standard InChI is InChI=1S/C12H18N4OS2/c1-16(2)7-11-14-6-10(19-11)9-8-18-12(15-9)13-4-5-17-3/h6,8H,4-5,7H2,1-3H3,(H,13,15). The predicted molar refractivity (Wildman–Crippen MR) is 81.0 cm³/mol. The molecule has 2 aromatic heterocycles. The molecule has 0 amide bonds. The van der Waals surface area contributed by atoms with Crippen molar-refractivity contribution in [2.75, 3.05) is 39.7 Å². The van der Waals surface area contributed by atoms with E-state index in [0.717, 1.165) is 33.8 Å². The van der Waals surface area contributed by atoms with Crippen LogP contribution in [0.1, 0.15) is 5.01 Å². The van der Waals surface area contributed by atoms with E-state index < -0.39 is 0 Å². The Kier molecular flexibility index (Phi) is 5.26. The summed E-state index contributed by atoms with van der Waals surface area (Å²) in [5, 5.41) is 7.33. The fraction of sp³-hybridized carbons (Fsp3) is 0.500. The van der Waals surface area contributed by atoms with Crippen LogP contribution in [0.2, 0.25) is 0 Å². The van der Waals surface area contributed by atoms with Gasteiger partial charge in [-0.3, -0.25) is 0 Å². The van der Waals surface area contributed by atoms with Crippen LogP contribution in [-0.4, -0.2) is 49.2 Å². The van der Waals surface area contributed by atoms with Crippen LogP contribution in [0.3, 0.4) is 0 Å². The van der Waals surface area contributed by atoms with E-state index >= 15 is 0 Å². The summed E-state index contributed by atoms with van der Waals surface area (Å²) in [4.78, 5) is 12.2. The third-order valence-corrected chi connectivity index (χ3v) is 4.15. The molecule has 2 heterocycles. The third kappa shape index (κ3) is 4.24. The first-order valence-corrected chi connectivity index (χ1v) is 7.67. The zero-order chi connectivity index (χ0) is 13.7. The number of hydrogen-bond donors (Lipinski definition) is 1. The summed E-state index contributed by atoms with van der Waals surface area (Å²) >= 11 is 3.30. The number of anilines is 1. The highest BCUT2D eigenvalue weighted by molar-refractivity contribution is 7.16. The molecule has 0 aromatic carbocycles. The maximum Gasteiger partial charge on any atom is 0.183 e. The van der Waals surface area contributed by atoms with Gasteiger partial charge in [-0.25, -0.2) is 9.97 Å². The minimum absolute atomic E-state index is 0.683. The molecule has 0 saturated carbocycles. The number of thiazole rings is 2. The van der Waals surface area contributed by atoms with Crippen molar-refractivity contribution >= 4 is 27.8 Å². The van der Waals surface area contributed by atoms with Crippen LogP contribution in [0.15, 0.2) is 11.6 Å². The molecule has 1 N–H and O–H groups in total. The highest BCUT2D eigenvalue weighted by Crippen LogP contribution is 2.29. The summed E-state index contributed by atoms with van der Waals surface area (Å²) in [7, 11) is 5.78. The maximum absolute atomic E-state index is 5.00. The van der Waals surface area contributed by atoms with Crippen molar-refractivity contribution in [2.24, 2.45) is 0 Å². The third-order valence-electron chi connectivity index (χ3n) is 2.34. The van der Waals surface area contributed by atoms with Gasteiger partial charge in [-0.1, -0.05) is 0 Å². The normalized spacial score (nSPS) is 11.2. The monoisotopic (exact) mass is 298 g/mol. The van der Waals surface area contributed by atoms with Gasteiger partial charge in [0.25, 0.3) is 0 Å². The molecule has 2 aromatic rings. The van der Waals surface area contributed by atoms with Crippen LogP contribution in [-0.2, 0) is 11.3 Å². The van der Waals surface area contributed by atoms with Gasteiger partial charge in [-0.05, 0) is 14.1 Å². The zero-order valence-corrected chi connectivity index (χ0v) is 13.0. The molecule has 0 aliphatic carbocycles. The molecule has 5 nitrogen and oxygen atoms in total. The summed E-state index contributed by atoms with van der Waals surface area (Å²) in [5.41, 5.74) is 0.993. The Morgan fingerprint density at radius 2 is 2.26 bits per heavy atom. The molecule has 7 heteroatoms. The number of aromatic nitrogens is 2. The molecular formula is C12H18N4OS2. The SMILES string of the molecule is COCCNc1nc(-c2cnc(CN(C)C)s2)cs1. The highest BCUT2D eigenvalue weighted by atomic mass is 32.1. The van der Waals surface area contributed by atoms with Crippen molar-refractivity contribution in [2.45, 2.75) is 6.54 Å². The summed E-state index contributed by atoms with van der Waals surface area (Å²) in [6, 6.07) is 0. The molecular weight excluding hydrogens is 280 g/mol. The second kappa shape index (κ2) is 6.95. The van der Waals surface area contributed by atoms with E-state index in [1.54, 1.807) is 29.8 Å². The van der Waals surface area contributed by atoms with Gasteiger partial charge in [-0.15, -0.1) is 22.7 Å². The van der Waals surface area contributed by atoms with Crippen molar-refractivity contribution in [1.82, 2.24) is 14.9 Å². The Bertz CT molecular complexity index is 509. The van der Waals surface area contributed by atoms with Gasteiger partial charge >= 0.3 is 0 Å². The molecule has 0 atom stereocenters. The van der Waals surface area contributed by atoms with Gasteiger partial charge in [0, 0.05) is 31.8 Å². The molecule has 19 heavy (non-hydrogen) atoms. The molecule has 0 spiro atoms. The highest BCUT2D eigenvalue weighted by Gasteiger charge is 2.09. The van der Waals surface area contributed by atoms with E-state index in [9.17, 15) is 0 Å². The van der Waals surface area contributed by atoms with Gasteiger partial charge in [0.05, 0.1) is 17.2 Å². The summed E-state index contributed by atoms with van der Waals surface area (Å²) in [6.45, 7) is 2.33. The van der Waals surface area contributed by atoms with Crippen LogP contribution < -0.4 is 5.32 Å². The van der Waals surface area contributed by atoms with Gasteiger partial charge in [0.15, 0.2) is 5.13 Å². The van der Waals surface area contributed by atoms with Crippen molar-refractivity contribution in [1.29, 1.82) is 0 Å². The van der Waals surface area contributed by atoms with E-state index in [-0.39, 0.29) is 0 Å². The van der Waals surface area contributed by atoms with Crippen molar-refractivity contribution in [3.63, 3.8) is 0 Å². The van der Waals surface area contributed by atoms with Gasteiger partial charge in [-0.2, -0.15) is 0 Å². The Morgan fingerprint density at radius 3 is 3.00 bits per heavy atom. The van der Waals surface area contributed by atoms with Crippen LogP contribution >= 0.6 is 22.7 Å². The first-order valence-electron chi connectivity index (χ1n) is 5.97. The molecule has 0 aliphatic rings. The van der Waals surface area contributed by atoms with Crippen LogP contribution in [0.5, 0.6) is 0 Å². The molecule has 2 rings (SSSR count). The Hall–Kier alpha value is -1.02. The number of nitrogens with one attached hydrogen (secondary N) is 1. The Morgan fingerprint density at radius 1 is 1.42 bits per heavy atom. The molecule has 0 fully saturated rings. The molecule has 0 aliphatic heterocycles. The smallest absolute Gasteiger partial charge is 0.183 e. The van der Waals surface area contributed by atoms with E-state index in [1.807, 2.05) is 20.3 Å². The number of methoxy groups -OCH3 is 1. The van der Waals surface area contributed by atoms with Crippen LogP contribution in [0.25, 0.3) is 10.6 Å². The molecule has 0 unspecified atom stereocenters. The first kappa shape index (κ1) is 14.4. The number of ether oxygens (including phenoxy) is 1. The molecule has 0 radical (unpaired) electrons. The van der Waals surface area contributed by atoms with Crippen molar-refractivity contribution in [3.05, 3.63) is 16.6 Å². The first-order chi connectivity index (χ1) is 9.19. The molecule has 0 bridgehead atoms. The number of hydrogen-bond acceptors (Lipinski definition) is 7. The Balaban J connectivity index is 1.99. The lowest BCUT2D eigenvalue weighted by atomic mass is 10.4. The predicted octanol–water partition coefficient (Wildman–Crippen LogP) is 2.39. The van der Waals surface area contributed by atoms with Gasteiger partial charge < -0.3 is 15.0 Å². The van der Waals surface area contributed by atoms with E-state index in [2.05, 4.69) is 25.6 Å². The minimum Gasteiger partial charge on any atom is -0.383 e. The lowest BCUT2D eigenvalue weighted by molar-refractivity contribution is 0.211. The summed E-state index contributed by atoms with van der Waals surface area (Å²) in [6.07, 6.45) is 1.90. The number of rotatable bonds is 7. The quantitative estimate of drug-likeness (QED) is 0.795. The average molecular weight is 298 g/mol. The molecule has 104 valence electrons. The second-order valence-electron chi connectivity index (χ2n) is 4.31. The Labute approximate surface area is 121 Å². The van der Waals surface area contributed by atoms with Crippen molar-refractivity contribution < 1.29 is 4.74 Å².